The summed E-state index contributed by atoms with van der Waals surface area (Å²) >= 11 is 1.30. The van der Waals surface area contributed by atoms with Crippen molar-refractivity contribution in [1.29, 1.82) is 0 Å². The highest BCUT2D eigenvalue weighted by atomic mass is 32.1. The Bertz CT molecular complexity index is 866. The first-order chi connectivity index (χ1) is 13.7. The Morgan fingerprint density at radius 2 is 2.11 bits per heavy atom. The van der Waals surface area contributed by atoms with Crippen molar-refractivity contribution in [3.05, 3.63) is 36.0 Å². The maximum absolute atomic E-state index is 14.1. The Balaban J connectivity index is 1.53. The van der Waals surface area contributed by atoms with Crippen LogP contribution in [0.2, 0.25) is 0 Å². The summed E-state index contributed by atoms with van der Waals surface area (Å²) in [5, 5.41) is 0.470. The number of rotatable bonds is 6. The van der Waals surface area contributed by atoms with E-state index in [0.717, 1.165) is 39.3 Å². The third-order valence-electron chi connectivity index (χ3n) is 4.81. The van der Waals surface area contributed by atoms with E-state index in [9.17, 15) is 9.18 Å². The summed E-state index contributed by atoms with van der Waals surface area (Å²) in [5.41, 5.74) is 0.286. The number of carbonyl (C=O) groups is 1. The van der Waals surface area contributed by atoms with Crippen molar-refractivity contribution in [1.82, 2.24) is 4.98 Å². The number of nitrogens with zero attached hydrogens (tertiary/aromatic N) is 2. The van der Waals surface area contributed by atoms with E-state index in [0.29, 0.717) is 29.6 Å². The number of carbonyl (C=O) groups excluding carboxylic acids is 1. The molecule has 1 N–H and O–H groups in total. The van der Waals surface area contributed by atoms with Gasteiger partial charge in [0.2, 0.25) is 5.76 Å². The molecule has 0 radical (unpaired) electrons. The van der Waals surface area contributed by atoms with E-state index >= 15 is 0 Å². The van der Waals surface area contributed by atoms with E-state index in [1.807, 2.05) is 0 Å². The van der Waals surface area contributed by atoms with E-state index in [-0.39, 0.29) is 23.0 Å². The number of hydrogen-bond donors (Lipinski definition) is 1. The molecular formula is C19H23FN3O4S+. The highest BCUT2D eigenvalue weighted by molar-refractivity contribution is 7.22. The van der Waals surface area contributed by atoms with E-state index in [2.05, 4.69) is 4.98 Å². The number of benzene rings is 1. The third-order valence-corrected chi connectivity index (χ3v) is 5.85. The zero-order chi connectivity index (χ0) is 19.3. The predicted molar refractivity (Wildman–Crippen MR) is 103 cm³/mol. The normalized spacial score (nSPS) is 17.7. The molecule has 0 bridgehead atoms. The van der Waals surface area contributed by atoms with Crippen molar-refractivity contribution >= 4 is 32.6 Å². The van der Waals surface area contributed by atoms with Gasteiger partial charge >= 0.3 is 0 Å². The first-order valence-electron chi connectivity index (χ1n) is 9.45. The van der Waals surface area contributed by atoms with Gasteiger partial charge in [-0.25, -0.2) is 9.37 Å². The predicted octanol–water partition coefficient (Wildman–Crippen LogP) is 0.962. The molecule has 0 saturated carbocycles. The lowest BCUT2D eigenvalue weighted by Crippen LogP contribution is -3.14. The SMILES string of the molecule is O=C(C1=COCCO1)N(CCC[NH+]1CCOCC1)c1nc2c(F)cccc2s1. The smallest absolute Gasteiger partial charge is 0.298 e. The van der Waals surface area contributed by atoms with Gasteiger partial charge in [0.05, 0.1) is 24.5 Å². The molecule has 1 aromatic carbocycles. The lowest BCUT2D eigenvalue weighted by molar-refractivity contribution is -0.908. The minimum atomic E-state index is -0.387. The Morgan fingerprint density at radius 1 is 1.25 bits per heavy atom. The second kappa shape index (κ2) is 8.85. The first-order valence-corrected chi connectivity index (χ1v) is 10.3. The van der Waals surface area contributed by atoms with Crippen LogP contribution in [0.25, 0.3) is 10.2 Å². The first kappa shape index (κ1) is 19.1. The number of nitrogens with one attached hydrogen (secondary N) is 1. The van der Waals surface area contributed by atoms with Gasteiger partial charge in [-0.2, -0.15) is 0 Å². The molecule has 2 aliphatic rings. The maximum Gasteiger partial charge on any atom is 0.298 e. The van der Waals surface area contributed by atoms with Crippen LogP contribution in [0.3, 0.4) is 0 Å². The number of aromatic nitrogens is 1. The third kappa shape index (κ3) is 4.26. The fourth-order valence-electron chi connectivity index (χ4n) is 3.31. The summed E-state index contributed by atoms with van der Waals surface area (Å²) in [6.45, 7) is 5.65. The number of para-hydroxylation sites is 1. The molecule has 1 aromatic heterocycles. The number of morpholine rings is 1. The average Bonchev–Trinajstić information content (AvgIpc) is 3.17. The topological polar surface area (TPSA) is 65.3 Å². The van der Waals surface area contributed by atoms with Crippen LogP contribution >= 0.6 is 11.3 Å². The molecule has 28 heavy (non-hydrogen) atoms. The number of ether oxygens (including phenoxy) is 3. The van der Waals surface area contributed by atoms with Gasteiger partial charge in [-0.15, -0.1) is 0 Å². The summed E-state index contributed by atoms with van der Waals surface area (Å²) in [6, 6.07) is 4.83. The molecule has 150 valence electrons. The van der Waals surface area contributed by atoms with Crippen LogP contribution in [0.5, 0.6) is 0 Å². The molecule has 0 spiro atoms. The molecule has 7 nitrogen and oxygen atoms in total. The largest absolute Gasteiger partial charge is 0.494 e. The number of amides is 1. The molecule has 1 fully saturated rings. The lowest BCUT2D eigenvalue weighted by atomic mass is 10.3. The summed E-state index contributed by atoms with van der Waals surface area (Å²) in [4.78, 5) is 20.5. The van der Waals surface area contributed by atoms with Crippen LogP contribution in [0, 0.1) is 5.82 Å². The van der Waals surface area contributed by atoms with Crippen molar-refractivity contribution in [2.24, 2.45) is 0 Å². The van der Waals surface area contributed by atoms with Gasteiger partial charge in [0.15, 0.2) is 5.13 Å². The molecular weight excluding hydrogens is 385 g/mol. The zero-order valence-electron chi connectivity index (χ0n) is 15.5. The number of thiazole rings is 1. The number of halogens is 1. The van der Waals surface area contributed by atoms with Gasteiger partial charge in [-0.3, -0.25) is 9.69 Å². The zero-order valence-corrected chi connectivity index (χ0v) is 16.3. The van der Waals surface area contributed by atoms with Gasteiger partial charge < -0.3 is 19.1 Å². The van der Waals surface area contributed by atoms with Crippen molar-refractivity contribution in [2.45, 2.75) is 6.42 Å². The van der Waals surface area contributed by atoms with Crippen molar-refractivity contribution < 1.29 is 28.3 Å². The molecule has 0 unspecified atom stereocenters. The number of hydrogen-bond acceptors (Lipinski definition) is 6. The van der Waals surface area contributed by atoms with Gasteiger partial charge in [-0.1, -0.05) is 17.4 Å². The summed E-state index contributed by atoms with van der Waals surface area (Å²) in [5.74, 6) is -0.539. The van der Waals surface area contributed by atoms with Crippen molar-refractivity contribution in [3.63, 3.8) is 0 Å². The monoisotopic (exact) mass is 408 g/mol. The Kier molecular flexibility index (Phi) is 6.04. The van der Waals surface area contributed by atoms with Crippen LogP contribution in [-0.2, 0) is 19.0 Å². The minimum Gasteiger partial charge on any atom is -0.494 e. The lowest BCUT2D eigenvalue weighted by Gasteiger charge is -2.26. The molecule has 0 aliphatic carbocycles. The Morgan fingerprint density at radius 3 is 2.86 bits per heavy atom. The summed E-state index contributed by atoms with van der Waals surface area (Å²) < 4.78 is 30.9. The van der Waals surface area contributed by atoms with E-state index in [1.54, 1.807) is 17.0 Å². The van der Waals surface area contributed by atoms with Gasteiger partial charge in [0, 0.05) is 13.0 Å². The number of anilines is 1. The summed E-state index contributed by atoms with van der Waals surface area (Å²) in [6.07, 6.45) is 2.15. The Labute approximate surface area is 166 Å². The fraction of sp³-hybridized carbons (Fsp3) is 0.474. The second-order valence-electron chi connectivity index (χ2n) is 6.71. The molecule has 3 heterocycles. The molecule has 2 aliphatic heterocycles. The highest BCUT2D eigenvalue weighted by Crippen LogP contribution is 2.31. The molecule has 2 aromatic rings. The summed E-state index contributed by atoms with van der Waals surface area (Å²) in [7, 11) is 0. The van der Waals surface area contributed by atoms with Crippen LogP contribution in [-0.4, -0.2) is 63.5 Å². The van der Waals surface area contributed by atoms with Crippen LogP contribution in [0.1, 0.15) is 6.42 Å². The number of quaternary nitrogens is 1. The highest BCUT2D eigenvalue weighted by Gasteiger charge is 2.27. The molecule has 9 heteroatoms. The van der Waals surface area contributed by atoms with Crippen LogP contribution in [0.15, 0.2) is 30.2 Å². The van der Waals surface area contributed by atoms with Crippen LogP contribution in [0.4, 0.5) is 9.52 Å². The molecule has 1 amide bonds. The van der Waals surface area contributed by atoms with Gasteiger partial charge in [0.25, 0.3) is 5.91 Å². The van der Waals surface area contributed by atoms with E-state index < -0.39 is 0 Å². The average molecular weight is 408 g/mol. The second-order valence-corrected chi connectivity index (χ2v) is 7.72. The van der Waals surface area contributed by atoms with E-state index in [4.69, 9.17) is 14.2 Å². The molecule has 4 rings (SSSR count). The standard InChI is InChI=1S/C19H22FN3O4S/c20-14-3-1-4-16-17(14)21-19(28-16)23(18(24)15-13-26-11-12-27-15)6-2-5-22-7-9-25-10-8-22/h1,3-4,13H,2,5-12H2/p+1. The minimum absolute atomic E-state index is 0.157. The van der Waals surface area contributed by atoms with Crippen molar-refractivity contribution in [3.8, 4) is 0 Å². The number of fused-ring (bicyclic) bond motifs is 1. The van der Waals surface area contributed by atoms with Gasteiger partial charge in [-0.05, 0) is 12.1 Å². The molecule has 0 atom stereocenters. The van der Waals surface area contributed by atoms with Crippen molar-refractivity contribution in [2.75, 3.05) is 57.5 Å². The quantitative estimate of drug-likeness (QED) is 0.772. The van der Waals surface area contributed by atoms with E-state index in [1.165, 1.54) is 28.6 Å². The maximum atomic E-state index is 14.1. The fourth-order valence-corrected chi connectivity index (χ4v) is 4.32. The molecule has 1 saturated heterocycles. The van der Waals surface area contributed by atoms with Crippen LogP contribution < -0.4 is 9.80 Å². The van der Waals surface area contributed by atoms with Gasteiger partial charge in [0.1, 0.15) is 43.9 Å². The Hall–Kier alpha value is -2.23.